The number of nitrogens with zero attached hydrogens (tertiary/aromatic N) is 3. The monoisotopic (exact) mass is 382 g/mol. The molecule has 0 radical (unpaired) electrons. The molecule has 28 heavy (non-hydrogen) atoms. The number of fused-ring (bicyclic) bond motifs is 1. The van der Waals surface area contributed by atoms with Crippen LogP contribution in [-0.4, -0.2) is 66.3 Å². The van der Waals surface area contributed by atoms with Gasteiger partial charge in [-0.2, -0.15) is 0 Å². The van der Waals surface area contributed by atoms with Gasteiger partial charge in [0.05, 0.1) is 23.7 Å². The van der Waals surface area contributed by atoms with Crippen LogP contribution in [0.5, 0.6) is 0 Å². The third kappa shape index (κ3) is 3.38. The Hall–Kier alpha value is -3.13. The molecule has 146 valence electrons. The summed E-state index contributed by atoms with van der Waals surface area (Å²) < 4.78 is 5.18. The van der Waals surface area contributed by atoms with E-state index in [4.69, 9.17) is 4.42 Å². The molecule has 8 heteroatoms. The van der Waals surface area contributed by atoms with Gasteiger partial charge in [0.25, 0.3) is 5.91 Å². The minimum atomic E-state index is -0.389. The Morgan fingerprint density at radius 1 is 1.07 bits per heavy atom. The van der Waals surface area contributed by atoms with Gasteiger partial charge in [-0.05, 0) is 31.2 Å². The molecule has 1 aromatic carbocycles. The van der Waals surface area contributed by atoms with Gasteiger partial charge in [0.1, 0.15) is 6.54 Å². The van der Waals surface area contributed by atoms with Gasteiger partial charge in [-0.15, -0.1) is 0 Å². The van der Waals surface area contributed by atoms with E-state index in [1.165, 1.54) is 6.26 Å². The number of para-hydroxylation sites is 2. The molecule has 1 N–H and O–H groups in total. The lowest BCUT2D eigenvalue weighted by atomic mass is 10.1. The Kier molecular flexibility index (Phi) is 4.87. The van der Waals surface area contributed by atoms with Crippen LogP contribution in [0.25, 0.3) is 0 Å². The number of hydrogen-bond acceptors (Lipinski definition) is 5. The van der Waals surface area contributed by atoms with Crippen molar-refractivity contribution in [3.63, 3.8) is 0 Å². The van der Waals surface area contributed by atoms with Gasteiger partial charge in [-0.1, -0.05) is 12.1 Å². The third-order valence-corrected chi connectivity index (χ3v) is 5.28. The van der Waals surface area contributed by atoms with Crippen LogP contribution in [-0.2, 0) is 9.59 Å². The fourth-order valence-electron chi connectivity index (χ4n) is 3.68. The van der Waals surface area contributed by atoms with E-state index in [0.717, 1.165) is 0 Å². The maximum absolute atomic E-state index is 13.1. The number of benzene rings is 1. The van der Waals surface area contributed by atoms with Crippen molar-refractivity contribution in [1.29, 1.82) is 0 Å². The van der Waals surface area contributed by atoms with Crippen molar-refractivity contribution < 1.29 is 18.8 Å². The van der Waals surface area contributed by atoms with Crippen molar-refractivity contribution in [2.75, 3.05) is 42.9 Å². The van der Waals surface area contributed by atoms with Crippen LogP contribution in [0.3, 0.4) is 0 Å². The number of amides is 3. The molecule has 1 aromatic heterocycles. The van der Waals surface area contributed by atoms with Gasteiger partial charge in [0, 0.05) is 26.2 Å². The van der Waals surface area contributed by atoms with Crippen LogP contribution in [0.1, 0.15) is 17.5 Å². The quantitative estimate of drug-likeness (QED) is 0.868. The van der Waals surface area contributed by atoms with Crippen LogP contribution < -0.4 is 10.2 Å². The number of hydrogen-bond donors (Lipinski definition) is 1. The van der Waals surface area contributed by atoms with Gasteiger partial charge < -0.3 is 14.6 Å². The average molecular weight is 382 g/mol. The first-order valence-corrected chi connectivity index (χ1v) is 9.31. The summed E-state index contributed by atoms with van der Waals surface area (Å²) in [7, 11) is 0. The lowest BCUT2D eigenvalue weighted by Gasteiger charge is -2.39. The zero-order valence-electron chi connectivity index (χ0n) is 15.6. The smallest absolute Gasteiger partial charge is 0.289 e. The molecule has 0 bridgehead atoms. The molecule has 2 aliphatic rings. The van der Waals surface area contributed by atoms with Crippen molar-refractivity contribution in [1.82, 2.24) is 9.80 Å². The van der Waals surface area contributed by atoms with Gasteiger partial charge in [-0.25, -0.2) is 0 Å². The number of furan rings is 1. The zero-order chi connectivity index (χ0) is 19.7. The largest absolute Gasteiger partial charge is 0.459 e. The second-order valence-corrected chi connectivity index (χ2v) is 6.97. The second-order valence-electron chi connectivity index (χ2n) is 6.97. The molecule has 0 saturated carbocycles. The standard InChI is InChI=1S/C20H22N4O4/c1-14(19(26)24-13-18(25)21-15-5-2-3-6-16(15)24)22-8-10-23(11-9-22)20(27)17-7-4-12-28-17/h2-7,12,14H,8-11,13H2,1H3,(H,21,25)/t14-/m1/s1. The number of carbonyl (C=O) groups is 3. The van der Waals surface area contributed by atoms with Crippen LogP contribution in [0, 0.1) is 0 Å². The van der Waals surface area contributed by atoms with Gasteiger partial charge in [-0.3, -0.25) is 24.2 Å². The Morgan fingerprint density at radius 3 is 2.54 bits per heavy atom. The van der Waals surface area contributed by atoms with Crippen molar-refractivity contribution in [3.05, 3.63) is 48.4 Å². The summed E-state index contributed by atoms with van der Waals surface area (Å²) >= 11 is 0. The number of piperazine rings is 1. The fraction of sp³-hybridized carbons (Fsp3) is 0.350. The van der Waals surface area contributed by atoms with Crippen LogP contribution in [0.2, 0.25) is 0 Å². The molecule has 0 unspecified atom stereocenters. The van der Waals surface area contributed by atoms with E-state index in [9.17, 15) is 14.4 Å². The summed E-state index contributed by atoms with van der Waals surface area (Å²) in [5, 5.41) is 2.80. The maximum atomic E-state index is 13.1. The Bertz CT molecular complexity index is 887. The molecule has 8 nitrogen and oxygen atoms in total. The topological polar surface area (TPSA) is 86.1 Å². The first kappa shape index (κ1) is 18.2. The molecule has 1 fully saturated rings. The third-order valence-electron chi connectivity index (χ3n) is 5.28. The van der Waals surface area contributed by atoms with Gasteiger partial charge in [0.2, 0.25) is 11.8 Å². The zero-order valence-corrected chi connectivity index (χ0v) is 15.6. The minimum absolute atomic E-state index is 0.0110. The first-order valence-electron chi connectivity index (χ1n) is 9.31. The molecule has 3 heterocycles. The highest BCUT2D eigenvalue weighted by Crippen LogP contribution is 2.29. The molecule has 3 amide bonds. The molecule has 1 saturated heterocycles. The Labute approximate surface area is 162 Å². The highest BCUT2D eigenvalue weighted by atomic mass is 16.3. The number of carbonyl (C=O) groups excluding carboxylic acids is 3. The van der Waals surface area contributed by atoms with Crippen LogP contribution in [0.4, 0.5) is 11.4 Å². The predicted octanol–water partition coefficient (Wildman–Crippen LogP) is 1.41. The molecule has 0 aliphatic carbocycles. The summed E-state index contributed by atoms with van der Waals surface area (Å²) in [6.45, 7) is 4.07. The van der Waals surface area contributed by atoms with Crippen LogP contribution in [0.15, 0.2) is 47.1 Å². The van der Waals surface area contributed by atoms with E-state index >= 15 is 0 Å². The Balaban J connectivity index is 1.42. The average Bonchev–Trinajstić information content (AvgIpc) is 3.26. The van der Waals surface area contributed by atoms with Gasteiger partial charge in [0.15, 0.2) is 5.76 Å². The van der Waals surface area contributed by atoms with Crippen molar-refractivity contribution in [3.8, 4) is 0 Å². The molecule has 2 aromatic rings. The molecule has 4 rings (SSSR count). The van der Waals surface area contributed by atoms with E-state index in [0.29, 0.717) is 43.3 Å². The van der Waals surface area contributed by atoms with E-state index in [-0.39, 0.29) is 30.3 Å². The number of anilines is 2. The van der Waals surface area contributed by atoms with E-state index in [1.807, 2.05) is 30.0 Å². The summed E-state index contributed by atoms with van der Waals surface area (Å²) in [5.41, 5.74) is 1.36. The summed E-state index contributed by atoms with van der Waals surface area (Å²) in [6, 6.07) is 10.2. The van der Waals surface area contributed by atoms with Crippen molar-refractivity contribution in [2.45, 2.75) is 13.0 Å². The lowest BCUT2D eigenvalue weighted by Crippen LogP contribution is -2.56. The highest BCUT2D eigenvalue weighted by molar-refractivity contribution is 6.11. The second kappa shape index (κ2) is 7.47. The fourth-order valence-corrected chi connectivity index (χ4v) is 3.68. The summed E-state index contributed by atoms with van der Waals surface area (Å²) in [5.74, 6) is -0.125. The molecular formula is C20H22N4O4. The maximum Gasteiger partial charge on any atom is 0.289 e. The highest BCUT2D eigenvalue weighted by Gasteiger charge is 2.34. The summed E-state index contributed by atoms with van der Waals surface area (Å²) in [6.07, 6.45) is 1.48. The van der Waals surface area contributed by atoms with Gasteiger partial charge >= 0.3 is 0 Å². The first-order chi connectivity index (χ1) is 13.5. The van der Waals surface area contributed by atoms with E-state index < -0.39 is 0 Å². The molecular weight excluding hydrogens is 360 g/mol. The normalized spacial score (nSPS) is 18.4. The minimum Gasteiger partial charge on any atom is -0.459 e. The summed E-state index contributed by atoms with van der Waals surface area (Å²) in [4.78, 5) is 42.8. The molecule has 2 aliphatic heterocycles. The molecule has 0 spiro atoms. The lowest BCUT2D eigenvalue weighted by molar-refractivity contribution is -0.125. The SMILES string of the molecule is C[C@H](C(=O)N1CC(=O)Nc2ccccc21)N1CCN(C(=O)c2ccco2)CC1. The van der Waals surface area contributed by atoms with Crippen molar-refractivity contribution >= 4 is 29.1 Å². The molecule has 1 atom stereocenters. The number of nitrogens with one attached hydrogen (secondary N) is 1. The predicted molar refractivity (Wildman–Crippen MR) is 103 cm³/mol. The van der Waals surface area contributed by atoms with E-state index in [1.54, 1.807) is 28.0 Å². The van der Waals surface area contributed by atoms with Crippen LogP contribution >= 0.6 is 0 Å². The Morgan fingerprint density at radius 2 is 1.82 bits per heavy atom. The number of rotatable bonds is 3. The van der Waals surface area contributed by atoms with Crippen molar-refractivity contribution in [2.24, 2.45) is 0 Å². The van der Waals surface area contributed by atoms with E-state index in [2.05, 4.69) is 5.32 Å².